The second-order valence-corrected chi connectivity index (χ2v) is 4.73. The first-order chi connectivity index (χ1) is 9.74. The third-order valence-corrected chi connectivity index (χ3v) is 3.34. The van der Waals surface area contributed by atoms with Gasteiger partial charge in [-0.05, 0) is 49.2 Å². The Morgan fingerprint density at radius 2 is 1.90 bits per heavy atom. The lowest BCUT2D eigenvalue weighted by atomic mass is 10.1. The second kappa shape index (κ2) is 6.91. The number of hydrogen-bond acceptors (Lipinski definition) is 2. The molecular formula is C16H20N2O2. The van der Waals surface area contributed by atoms with Gasteiger partial charge in [-0.1, -0.05) is 6.92 Å². The summed E-state index contributed by atoms with van der Waals surface area (Å²) < 4.78 is 1.99. The van der Waals surface area contributed by atoms with Crippen LogP contribution in [0.3, 0.4) is 0 Å². The fourth-order valence-electron chi connectivity index (χ4n) is 2.09. The standard InChI is InChI=1S/C16H20N2O2/c1-2-14(9-12-19)17-16(20)13-5-7-15(8-6-13)18-10-3-4-11-18/h3-8,10-11,14,19H,2,9,12H2,1H3,(H,17,20). The average Bonchev–Trinajstić information content (AvgIpc) is 3.01. The van der Waals surface area contributed by atoms with Gasteiger partial charge in [-0.15, -0.1) is 0 Å². The summed E-state index contributed by atoms with van der Waals surface area (Å²) in [4.78, 5) is 12.1. The molecule has 1 aromatic carbocycles. The molecule has 2 N–H and O–H groups in total. The molecule has 1 unspecified atom stereocenters. The van der Waals surface area contributed by atoms with Crippen molar-refractivity contribution < 1.29 is 9.90 Å². The Morgan fingerprint density at radius 1 is 1.25 bits per heavy atom. The van der Waals surface area contributed by atoms with Gasteiger partial charge in [0.1, 0.15) is 0 Å². The van der Waals surface area contributed by atoms with E-state index in [-0.39, 0.29) is 18.6 Å². The first-order valence-corrected chi connectivity index (χ1v) is 6.89. The normalized spacial score (nSPS) is 12.1. The second-order valence-electron chi connectivity index (χ2n) is 4.73. The van der Waals surface area contributed by atoms with Crippen molar-refractivity contribution in [3.8, 4) is 5.69 Å². The molecule has 1 aromatic heterocycles. The molecule has 0 aliphatic rings. The number of nitrogens with zero attached hydrogens (tertiary/aromatic N) is 1. The monoisotopic (exact) mass is 272 g/mol. The van der Waals surface area contributed by atoms with E-state index in [4.69, 9.17) is 5.11 Å². The Morgan fingerprint density at radius 3 is 2.45 bits per heavy atom. The summed E-state index contributed by atoms with van der Waals surface area (Å²) in [5.74, 6) is -0.0932. The number of hydrogen-bond donors (Lipinski definition) is 2. The number of aromatic nitrogens is 1. The quantitative estimate of drug-likeness (QED) is 0.848. The molecule has 20 heavy (non-hydrogen) atoms. The van der Waals surface area contributed by atoms with Crippen molar-refractivity contribution in [3.63, 3.8) is 0 Å². The van der Waals surface area contributed by atoms with E-state index in [1.54, 1.807) is 0 Å². The lowest BCUT2D eigenvalue weighted by Crippen LogP contribution is -2.35. The molecule has 0 spiro atoms. The maximum atomic E-state index is 12.1. The summed E-state index contributed by atoms with van der Waals surface area (Å²) in [5, 5.41) is 11.9. The number of rotatable bonds is 6. The van der Waals surface area contributed by atoms with Crippen LogP contribution in [0.2, 0.25) is 0 Å². The largest absolute Gasteiger partial charge is 0.396 e. The lowest BCUT2D eigenvalue weighted by Gasteiger charge is -2.15. The van der Waals surface area contributed by atoms with Crippen LogP contribution in [-0.2, 0) is 0 Å². The molecule has 106 valence electrons. The Labute approximate surface area is 119 Å². The Kier molecular flexibility index (Phi) is 4.96. The first-order valence-electron chi connectivity index (χ1n) is 6.89. The van der Waals surface area contributed by atoms with E-state index < -0.39 is 0 Å². The minimum atomic E-state index is -0.0932. The Balaban J connectivity index is 2.04. The molecule has 1 heterocycles. The third kappa shape index (κ3) is 3.48. The molecule has 0 fully saturated rings. The van der Waals surface area contributed by atoms with Crippen LogP contribution < -0.4 is 5.32 Å². The summed E-state index contributed by atoms with van der Waals surface area (Å²) >= 11 is 0. The van der Waals surface area contributed by atoms with Crippen LogP contribution in [0.4, 0.5) is 0 Å². The zero-order chi connectivity index (χ0) is 14.4. The number of benzene rings is 1. The molecule has 0 radical (unpaired) electrons. The van der Waals surface area contributed by atoms with E-state index >= 15 is 0 Å². The topological polar surface area (TPSA) is 54.3 Å². The Hall–Kier alpha value is -2.07. The predicted molar refractivity (Wildman–Crippen MR) is 79.0 cm³/mol. The lowest BCUT2D eigenvalue weighted by molar-refractivity contribution is 0.0929. The molecule has 2 aromatic rings. The van der Waals surface area contributed by atoms with Gasteiger partial charge in [-0.2, -0.15) is 0 Å². The molecule has 4 heteroatoms. The minimum absolute atomic E-state index is 0.0247. The van der Waals surface area contributed by atoms with Gasteiger partial charge in [-0.3, -0.25) is 4.79 Å². The van der Waals surface area contributed by atoms with Crippen LogP contribution >= 0.6 is 0 Å². The van der Waals surface area contributed by atoms with Crippen molar-refractivity contribution in [1.29, 1.82) is 0 Å². The van der Waals surface area contributed by atoms with Gasteiger partial charge in [0.25, 0.3) is 5.91 Å². The van der Waals surface area contributed by atoms with Crippen molar-refractivity contribution in [2.24, 2.45) is 0 Å². The van der Waals surface area contributed by atoms with Gasteiger partial charge in [0, 0.05) is 36.3 Å². The SMILES string of the molecule is CCC(CCO)NC(=O)c1ccc(-n2cccc2)cc1. The van der Waals surface area contributed by atoms with Gasteiger partial charge < -0.3 is 15.0 Å². The minimum Gasteiger partial charge on any atom is -0.396 e. The summed E-state index contributed by atoms with van der Waals surface area (Å²) in [6.07, 6.45) is 5.32. The van der Waals surface area contributed by atoms with Gasteiger partial charge in [0.15, 0.2) is 0 Å². The van der Waals surface area contributed by atoms with Crippen LogP contribution in [0.25, 0.3) is 5.69 Å². The molecule has 0 saturated carbocycles. The highest BCUT2D eigenvalue weighted by molar-refractivity contribution is 5.94. The van der Waals surface area contributed by atoms with Crippen LogP contribution in [-0.4, -0.2) is 28.2 Å². The third-order valence-electron chi connectivity index (χ3n) is 3.34. The first kappa shape index (κ1) is 14.3. The number of carbonyl (C=O) groups excluding carboxylic acids is 1. The Bertz CT molecular complexity index is 532. The number of amides is 1. The molecule has 1 amide bonds. The van der Waals surface area contributed by atoms with E-state index in [0.29, 0.717) is 12.0 Å². The molecule has 2 rings (SSSR count). The van der Waals surface area contributed by atoms with Crippen molar-refractivity contribution >= 4 is 5.91 Å². The van der Waals surface area contributed by atoms with Crippen molar-refractivity contribution in [2.75, 3.05) is 6.61 Å². The maximum absolute atomic E-state index is 12.1. The van der Waals surface area contributed by atoms with Gasteiger partial charge in [0.2, 0.25) is 0 Å². The van der Waals surface area contributed by atoms with Crippen LogP contribution in [0.1, 0.15) is 30.1 Å². The van der Waals surface area contributed by atoms with E-state index in [9.17, 15) is 4.79 Å². The number of carbonyl (C=O) groups is 1. The van der Waals surface area contributed by atoms with E-state index in [1.807, 2.05) is 60.3 Å². The van der Waals surface area contributed by atoms with Crippen molar-refractivity contribution in [2.45, 2.75) is 25.8 Å². The molecule has 0 aliphatic heterocycles. The fraction of sp³-hybridized carbons (Fsp3) is 0.312. The molecule has 1 atom stereocenters. The van der Waals surface area contributed by atoms with Crippen molar-refractivity contribution in [1.82, 2.24) is 9.88 Å². The molecule has 0 bridgehead atoms. The highest BCUT2D eigenvalue weighted by Gasteiger charge is 2.11. The van der Waals surface area contributed by atoms with E-state index in [0.717, 1.165) is 12.1 Å². The van der Waals surface area contributed by atoms with Crippen molar-refractivity contribution in [3.05, 3.63) is 54.4 Å². The number of aliphatic hydroxyl groups excluding tert-OH is 1. The number of aliphatic hydroxyl groups is 1. The van der Waals surface area contributed by atoms with Crippen LogP contribution in [0.5, 0.6) is 0 Å². The highest BCUT2D eigenvalue weighted by Crippen LogP contribution is 2.10. The molecule has 0 saturated heterocycles. The zero-order valence-corrected chi connectivity index (χ0v) is 11.6. The maximum Gasteiger partial charge on any atom is 0.251 e. The summed E-state index contributed by atoms with van der Waals surface area (Å²) in [6.45, 7) is 2.08. The van der Waals surface area contributed by atoms with E-state index in [2.05, 4.69) is 5.32 Å². The van der Waals surface area contributed by atoms with Gasteiger partial charge in [-0.25, -0.2) is 0 Å². The smallest absolute Gasteiger partial charge is 0.251 e. The summed E-state index contributed by atoms with van der Waals surface area (Å²) in [7, 11) is 0. The summed E-state index contributed by atoms with van der Waals surface area (Å²) in [5.41, 5.74) is 1.66. The molecule has 4 nitrogen and oxygen atoms in total. The van der Waals surface area contributed by atoms with Gasteiger partial charge >= 0.3 is 0 Å². The fourth-order valence-corrected chi connectivity index (χ4v) is 2.09. The molecule has 0 aliphatic carbocycles. The van der Waals surface area contributed by atoms with E-state index in [1.165, 1.54) is 0 Å². The summed E-state index contributed by atoms with van der Waals surface area (Å²) in [6, 6.07) is 11.4. The highest BCUT2D eigenvalue weighted by atomic mass is 16.3. The van der Waals surface area contributed by atoms with Gasteiger partial charge in [0.05, 0.1) is 0 Å². The number of nitrogens with one attached hydrogen (secondary N) is 1. The average molecular weight is 272 g/mol. The zero-order valence-electron chi connectivity index (χ0n) is 11.6. The van der Waals surface area contributed by atoms with Crippen LogP contribution in [0, 0.1) is 0 Å². The molecular weight excluding hydrogens is 252 g/mol. The predicted octanol–water partition coefficient (Wildman–Crippen LogP) is 2.37. The van der Waals surface area contributed by atoms with Crippen LogP contribution in [0.15, 0.2) is 48.8 Å².